The van der Waals surface area contributed by atoms with Crippen molar-refractivity contribution in [3.8, 4) is 16.9 Å². The van der Waals surface area contributed by atoms with Gasteiger partial charge in [-0.2, -0.15) is 0 Å². The van der Waals surface area contributed by atoms with Crippen molar-refractivity contribution < 1.29 is 14.6 Å². The lowest BCUT2D eigenvalue weighted by Gasteiger charge is -2.23. The third kappa shape index (κ3) is 5.58. The van der Waals surface area contributed by atoms with Gasteiger partial charge in [-0.1, -0.05) is 48.9 Å². The van der Waals surface area contributed by atoms with Crippen LogP contribution < -0.4 is 10.1 Å². The van der Waals surface area contributed by atoms with E-state index in [2.05, 4.69) is 47.6 Å². The molecule has 5 rings (SSSR count). The van der Waals surface area contributed by atoms with Gasteiger partial charge in [-0.25, -0.2) is 0 Å². The molecular weight excluding hydrogens is 472 g/mol. The molecular formula is C30H33ClN2O3. The molecule has 6 heteroatoms. The average molecular weight is 505 g/mol. The van der Waals surface area contributed by atoms with E-state index in [0.717, 1.165) is 65.1 Å². The Morgan fingerprint density at radius 3 is 2.72 bits per heavy atom. The Hall–Kier alpha value is -2.89. The number of benzene rings is 2. The number of hydrogen-bond acceptors (Lipinski definition) is 4. The fourth-order valence-electron chi connectivity index (χ4n) is 4.99. The van der Waals surface area contributed by atoms with Crippen LogP contribution in [-0.4, -0.2) is 22.2 Å². The normalized spacial score (nSPS) is 16.9. The molecule has 188 valence electrons. The van der Waals surface area contributed by atoms with Crippen LogP contribution in [0.15, 0.2) is 60.9 Å². The molecule has 36 heavy (non-hydrogen) atoms. The summed E-state index contributed by atoms with van der Waals surface area (Å²) in [5.74, 6) is 0.391. The molecule has 2 fully saturated rings. The fraction of sp³-hybridized carbons (Fsp3) is 0.400. The molecule has 2 saturated carbocycles. The number of carboxylic acids is 1. The van der Waals surface area contributed by atoms with Crippen LogP contribution in [0.1, 0.15) is 74.5 Å². The minimum Gasteiger partial charge on any atom is -0.490 e. The Kier molecular flexibility index (Phi) is 7.31. The monoisotopic (exact) mass is 504 g/mol. The first-order valence-corrected chi connectivity index (χ1v) is 13.3. The quantitative estimate of drug-likeness (QED) is 0.276. The summed E-state index contributed by atoms with van der Waals surface area (Å²) in [6.07, 6.45) is 10.2. The van der Waals surface area contributed by atoms with Crippen LogP contribution in [-0.2, 0) is 16.9 Å². The third-order valence-corrected chi connectivity index (χ3v) is 7.81. The molecule has 0 bridgehead atoms. The van der Waals surface area contributed by atoms with E-state index in [-0.39, 0.29) is 17.9 Å². The summed E-state index contributed by atoms with van der Waals surface area (Å²) in [5, 5.41) is 13.6. The van der Waals surface area contributed by atoms with Crippen LogP contribution in [0.5, 0.6) is 5.75 Å². The van der Waals surface area contributed by atoms with Crippen LogP contribution in [0, 0.1) is 0 Å². The zero-order valence-corrected chi connectivity index (χ0v) is 21.4. The van der Waals surface area contributed by atoms with Crippen molar-refractivity contribution in [1.82, 2.24) is 10.3 Å². The highest BCUT2D eigenvalue weighted by Crippen LogP contribution is 2.50. The van der Waals surface area contributed by atoms with E-state index in [1.54, 1.807) is 0 Å². The van der Waals surface area contributed by atoms with Crippen LogP contribution in [0.2, 0.25) is 5.02 Å². The molecule has 1 atom stereocenters. The Balaban J connectivity index is 1.37. The predicted molar refractivity (Wildman–Crippen MR) is 142 cm³/mol. The second kappa shape index (κ2) is 10.6. The lowest BCUT2D eigenvalue weighted by molar-refractivity contribution is -0.137. The summed E-state index contributed by atoms with van der Waals surface area (Å²) in [6, 6.07) is 16.5. The van der Waals surface area contributed by atoms with Crippen molar-refractivity contribution in [2.75, 3.05) is 0 Å². The highest BCUT2D eigenvalue weighted by molar-refractivity contribution is 6.31. The highest BCUT2D eigenvalue weighted by Gasteiger charge is 2.46. The van der Waals surface area contributed by atoms with Crippen molar-refractivity contribution >= 4 is 17.6 Å². The maximum Gasteiger partial charge on any atom is 0.303 e. The van der Waals surface area contributed by atoms with Crippen molar-refractivity contribution in [1.29, 1.82) is 0 Å². The topological polar surface area (TPSA) is 71.5 Å². The van der Waals surface area contributed by atoms with E-state index < -0.39 is 5.97 Å². The maximum atomic E-state index is 11.1. The van der Waals surface area contributed by atoms with Gasteiger partial charge >= 0.3 is 5.97 Å². The highest BCUT2D eigenvalue weighted by atomic mass is 35.5. The van der Waals surface area contributed by atoms with Crippen molar-refractivity contribution in [3.05, 3.63) is 82.6 Å². The number of rotatable bonds is 12. The Bertz CT molecular complexity index is 1240. The largest absolute Gasteiger partial charge is 0.490 e. The number of ether oxygens (including phenoxy) is 1. The Morgan fingerprint density at radius 1 is 1.19 bits per heavy atom. The number of pyridine rings is 1. The molecule has 2 aliphatic carbocycles. The van der Waals surface area contributed by atoms with Gasteiger partial charge < -0.3 is 15.2 Å². The van der Waals surface area contributed by atoms with Crippen LogP contribution in [0.3, 0.4) is 0 Å². The van der Waals surface area contributed by atoms with Gasteiger partial charge in [-0.15, -0.1) is 0 Å². The average Bonchev–Trinajstić information content (AvgIpc) is 3.82. The second-order valence-corrected chi connectivity index (χ2v) is 10.5. The minimum atomic E-state index is -0.753. The number of carbonyl (C=O) groups is 1. The van der Waals surface area contributed by atoms with Crippen molar-refractivity contribution in [3.63, 3.8) is 0 Å². The summed E-state index contributed by atoms with van der Waals surface area (Å²) in [7, 11) is 0. The third-order valence-electron chi connectivity index (χ3n) is 7.44. The Morgan fingerprint density at radius 2 is 2.00 bits per heavy atom. The van der Waals surface area contributed by atoms with Crippen molar-refractivity contribution in [2.45, 2.75) is 76.0 Å². The van der Waals surface area contributed by atoms with Gasteiger partial charge in [0.2, 0.25) is 0 Å². The van der Waals surface area contributed by atoms with Gasteiger partial charge in [-0.3, -0.25) is 9.78 Å². The molecule has 1 heterocycles. The van der Waals surface area contributed by atoms with Gasteiger partial charge in [0, 0.05) is 41.5 Å². The molecule has 3 aromatic rings. The van der Waals surface area contributed by atoms with Gasteiger partial charge in [0.15, 0.2) is 0 Å². The zero-order chi connectivity index (χ0) is 25.1. The van der Waals surface area contributed by atoms with Gasteiger partial charge in [-0.05, 0) is 84.9 Å². The molecule has 0 saturated heterocycles. The number of aromatic nitrogens is 1. The SMILES string of the molecule is CCC(CCC(=O)O)c1ccc(Cl)c(CNC2(c3cnccc3-c3ccccc3OC3CC3)CC2)c1. The van der Waals surface area contributed by atoms with E-state index in [1.165, 1.54) is 5.56 Å². The molecule has 0 spiro atoms. The summed E-state index contributed by atoms with van der Waals surface area (Å²) >= 11 is 6.61. The number of halogens is 1. The molecule has 0 radical (unpaired) electrons. The second-order valence-electron chi connectivity index (χ2n) is 10.1. The standard InChI is InChI=1S/C30H33ClN2O3/c1-2-20(8-12-29(34)35)21-7-11-27(31)22(17-21)18-33-30(14-15-30)26-19-32-16-13-24(26)25-5-3-4-6-28(25)36-23-9-10-23/h3-7,11,13,16-17,19-20,23,33H,2,8-10,12,14-15,18H2,1H3,(H,34,35). The van der Waals surface area contributed by atoms with Gasteiger partial charge in [0.1, 0.15) is 5.75 Å². The number of aliphatic carboxylic acids is 1. The molecule has 2 N–H and O–H groups in total. The molecule has 0 aliphatic heterocycles. The summed E-state index contributed by atoms with van der Waals surface area (Å²) in [4.78, 5) is 15.6. The predicted octanol–water partition coefficient (Wildman–Crippen LogP) is 7.08. The summed E-state index contributed by atoms with van der Waals surface area (Å²) < 4.78 is 6.23. The molecule has 1 aromatic heterocycles. The summed E-state index contributed by atoms with van der Waals surface area (Å²) in [5.41, 5.74) is 5.50. The number of hydrogen-bond donors (Lipinski definition) is 2. The number of nitrogens with zero attached hydrogens (tertiary/aromatic N) is 1. The first-order chi connectivity index (χ1) is 17.5. The van der Waals surface area contributed by atoms with Gasteiger partial charge in [0.05, 0.1) is 6.10 Å². The first kappa shape index (κ1) is 24.8. The zero-order valence-electron chi connectivity index (χ0n) is 20.7. The van der Waals surface area contributed by atoms with Crippen molar-refractivity contribution in [2.24, 2.45) is 0 Å². The van der Waals surface area contributed by atoms with Crippen LogP contribution in [0.25, 0.3) is 11.1 Å². The molecule has 2 aliphatic rings. The molecule has 2 aromatic carbocycles. The van der Waals surface area contributed by atoms with E-state index >= 15 is 0 Å². The number of nitrogens with one attached hydrogen (secondary N) is 1. The molecule has 1 unspecified atom stereocenters. The minimum absolute atomic E-state index is 0.150. The first-order valence-electron chi connectivity index (χ1n) is 12.9. The smallest absolute Gasteiger partial charge is 0.303 e. The van der Waals surface area contributed by atoms with Gasteiger partial charge in [0.25, 0.3) is 0 Å². The lowest BCUT2D eigenvalue weighted by atomic mass is 9.90. The summed E-state index contributed by atoms with van der Waals surface area (Å²) in [6.45, 7) is 2.74. The number of carboxylic acid groups (broad SMARTS) is 1. The van der Waals surface area contributed by atoms with E-state index in [9.17, 15) is 4.79 Å². The molecule has 5 nitrogen and oxygen atoms in total. The maximum absolute atomic E-state index is 11.1. The van der Waals surface area contributed by atoms with E-state index in [0.29, 0.717) is 19.1 Å². The van der Waals surface area contributed by atoms with Crippen LogP contribution >= 0.6 is 11.6 Å². The fourth-order valence-corrected chi connectivity index (χ4v) is 5.17. The number of para-hydroxylation sites is 1. The van der Waals surface area contributed by atoms with Crippen LogP contribution in [0.4, 0.5) is 0 Å². The van der Waals surface area contributed by atoms with E-state index in [4.69, 9.17) is 21.4 Å². The molecule has 0 amide bonds. The Labute approximate surface area is 217 Å². The lowest BCUT2D eigenvalue weighted by Crippen LogP contribution is -2.29. The van der Waals surface area contributed by atoms with E-state index in [1.807, 2.05) is 30.6 Å².